The molecule has 0 fully saturated rings. The van der Waals surface area contributed by atoms with Crippen molar-refractivity contribution < 1.29 is 17.7 Å². The third-order valence-corrected chi connectivity index (χ3v) is 15.5. The molecule has 0 radical (unpaired) electrons. The second-order valence-corrected chi connectivity index (χ2v) is 19.9. The quantitative estimate of drug-likeness (QED) is 0.144. The zero-order chi connectivity index (χ0) is 51.3. The zero-order valence-electron chi connectivity index (χ0n) is 41.9. The highest BCUT2D eigenvalue weighted by Gasteiger charge is 2.30. The second kappa shape index (κ2) is 17.5. The molecule has 0 aliphatic heterocycles. The molecule has 0 spiro atoms. The van der Waals surface area contributed by atoms with E-state index in [1.54, 1.807) is 0 Å². The first-order valence-corrected chi connectivity index (χ1v) is 26.3. The number of hydrogen-bond acceptors (Lipinski definition) is 6. The van der Waals surface area contributed by atoms with E-state index in [0.29, 0.717) is 0 Å². The average Bonchev–Trinajstić information content (AvgIpc) is 4.35. The summed E-state index contributed by atoms with van der Waals surface area (Å²) in [7, 11) is 0. The molecule has 6 nitrogen and oxygen atoms in total. The molecule has 16 aromatic rings. The van der Waals surface area contributed by atoms with Gasteiger partial charge in [0.15, 0.2) is 0 Å². The predicted molar refractivity (Wildman–Crippen MR) is 321 cm³/mol. The Bertz CT molecular complexity index is 4650. The van der Waals surface area contributed by atoms with Crippen molar-refractivity contribution >= 4 is 122 Å². The summed E-state index contributed by atoms with van der Waals surface area (Å²) >= 11 is 0. The Morgan fingerprint density at radius 2 is 0.513 bits per heavy atom. The number of nitrogens with zero attached hydrogens (tertiary/aromatic N) is 2. The van der Waals surface area contributed by atoms with Crippen LogP contribution in [0.15, 0.2) is 285 Å². The molecular weight excluding hydrogens is 957 g/mol. The molecule has 0 atom stereocenters. The molecule has 0 unspecified atom stereocenters. The van der Waals surface area contributed by atoms with E-state index in [-0.39, 0.29) is 0 Å². The molecule has 0 aliphatic carbocycles. The van der Waals surface area contributed by atoms with Crippen LogP contribution < -0.4 is 9.80 Å². The van der Waals surface area contributed by atoms with Crippen molar-refractivity contribution in [3.05, 3.63) is 267 Å². The number of anilines is 6. The van der Waals surface area contributed by atoms with Crippen molar-refractivity contribution in [2.45, 2.75) is 0 Å². The Kier molecular flexibility index (Phi) is 9.84. The second-order valence-electron chi connectivity index (χ2n) is 19.9. The minimum atomic E-state index is 0.769. The summed E-state index contributed by atoms with van der Waals surface area (Å²) in [5, 5.41) is 8.21. The van der Waals surface area contributed by atoms with Gasteiger partial charge in [-0.1, -0.05) is 158 Å². The Morgan fingerprint density at radius 1 is 0.205 bits per heavy atom. The number of furan rings is 4. The Hall–Kier alpha value is -10.6. The van der Waals surface area contributed by atoms with Crippen molar-refractivity contribution in [3.8, 4) is 33.4 Å². The van der Waals surface area contributed by atoms with Gasteiger partial charge in [-0.05, 0) is 119 Å². The molecule has 4 aromatic heterocycles. The van der Waals surface area contributed by atoms with E-state index in [9.17, 15) is 0 Å². The van der Waals surface area contributed by atoms with Crippen molar-refractivity contribution in [2.24, 2.45) is 0 Å². The van der Waals surface area contributed by atoms with Crippen LogP contribution in [-0.4, -0.2) is 0 Å². The van der Waals surface area contributed by atoms with Gasteiger partial charge in [0.1, 0.15) is 44.7 Å². The standard InChI is InChI=1S/C72H44N2O4/c1-3-15-45(16-4-1)47-27-31-49(32-28-47)73(51-35-37-55-53-19-7-11-23-61(53)77-67(55)43-51)71-57(39-41-65-69(71)59-21-9-13-25-63(59)75-65)58-40-42-66-70(60-22-10-14-26-64(60)76-66)72(58)74(50-33-29-48(30-34-50)46-17-5-2-6-18-46)52-36-38-56-54-20-8-12-24-62(54)78-68(56)44-52/h1-44H. The van der Waals surface area contributed by atoms with E-state index in [2.05, 4.69) is 240 Å². The number of hydrogen-bond donors (Lipinski definition) is 0. The van der Waals surface area contributed by atoms with Gasteiger partial charge in [0, 0.05) is 78.3 Å². The van der Waals surface area contributed by atoms with Crippen LogP contribution in [-0.2, 0) is 0 Å². The van der Waals surface area contributed by atoms with Gasteiger partial charge in [0.05, 0.1) is 22.1 Å². The summed E-state index contributed by atoms with van der Waals surface area (Å²) in [6.45, 7) is 0. The normalized spacial score (nSPS) is 11.8. The van der Waals surface area contributed by atoms with Crippen LogP contribution in [0.25, 0.3) is 121 Å². The summed E-state index contributed by atoms with van der Waals surface area (Å²) in [5.41, 5.74) is 18.6. The van der Waals surface area contributed by atoms with Crippen LogP contribution in [0.4, 0.5) is 34.1 Å². The highest BCUT2D eigenvalue weighted by Crippen LogP contribution is 2.55. The largest absolute Gasteiger partial charge is 0.456 e. The smallest absolute Gasteiger partial charge is 0.137 e. The van der Waals surface area contributed by atoms with Crippen molar-refractivity contribution in [2.75, 3.05) is 9.80 Å². The van der Waals surface area contributed by atoms with Gasteiger partial charge in [-0.25, -0.2) is 0 Å². The van der Waals surface area contributed by atoms with E-state index in [4.69, 9.17) is 17.7 Å². The van der Waals surface area contributed by atoms with Crippen LogP contribution >= 0.6 is 0 Å². The minimum absolute atomic E-state index is 0.769. The molecule has 16 rings (SSSR count). The third kappa shape index (κ3) is 6.97. The van der Waals surface area contributed by atoms with Crippen LogP contribution in [0.3, 0.4) is 0 Å². The van der Waals surface area contributed by atoms with Crippen molar-refractivity contribution in [1.82, 2.24) is 0 Å². The lowest BCUT2D eigenvalue weighted by atomic mass is 9.93. The Labute approximate surface area is 447 Å². The van der Waals surface area contributed by atoms with Gasteiger partial charge < -0.3 is 27.5 Å². The fraction of sp³-hybridized carbons (Fsp3) is 0. The summed E-state index contributed by atoms with van der Waals surface area (Å²) in [6.07, 6.45) is 0. The lowest BCUT2D eigenvalue weighted by Crippen LogP contribution is -2.14. The maximum Gasteiger partial charge on any atom is 0.137 e. The number of fused-ring (bicyclic) bond motifs is 12. The minimum Gasteiger partial charge on any atom is -0.456 e. The molecule has 366 valence electrons. The van der Waals surface area contributed by atoms with Crippen LogP contribution in [0.1, 0.15) is 0 Å². The SMILES string of the molecule is c1ccc(-c2ccc(N(c3ccc4c(c3)oc3ccccc34)c3c(-c4ccc5oc6ccccc6c5c4N(c4ccc(-c5ccccc5)cc4)c4ccc5c(c4)oc4ccccc45)ccc4oc5ccccc5c34)cc2)cc1. The molecule has 4 heterocycles. The predicted octanol–water partition coefficient (Wildman–Crippen LogP) is 21.2. The van der Waals surface area contributed by atoms with Crippen LogP contribution in [0.5, 0.6) is 0 Å². The van der Waals surface area contributed by atoms with E-state index in [1.165, 1.54) is 0 Å². The van der Waals surface area contributed by atoms with Gasteiger partial charge in [-0.15, -0.1) is 0 Å². The maximum absolute atomic E-state index is 6.86. The van der Waals surface area contributed by atoms with Crippen LogP contribution in [0.2, 0.25) is 0 Å². The highest BCUT2D eigenvalue weighted by molar-refractivity contribution is 6.22. The highest BCUT2D eigenvalue weighted by atomic mass is 16.3. The molecule has 12 aromatic carbocycles. The lowest BCUT2D eigenvalue weighted by Gasteiger charge is -2.32. The summed E-state index contributed by atoms with van der Waals surface area (Å²) in [6, 6.07) is 94.0. The molecule has 0 N–H and O–H groups in total. The molecule has 78 heavy (non-hydrogen) atoms. The first-order valence-electron chi connectivity index (χ1n) is 26.3. The Morgan fingerprint density at radius 3 is 0.923 bits per heavy atom. The topological polar surface area (TPSA) is 59.0 Å². The molecular formula is C72H44N2O4. The van der Waals surface area contributed by atoms with Gasteiger partial charge in [0.2, 0.25) is 0 Å². The zero-order valence-corrected chi connectivity index (χ0v) is 41.9. The molecule has 0 bridgehead atoms. The van der Waals surface area contributed by atoms with E-state index >= 15 is 0 Å². The molecule has 6 heteroatoms. The van der Waals surface area contributed by atoms with E-state index in [0.717, 1.165) is 155 Å². The fourth-order valence-corrected chi connectivity index (χ4v) is 11.9. The monoisotopic (exact) mass is 1000 g/mol. The van der Waals surface area contributed by atoms with Gasteiger partial charge in [-0.2, -0.15) is 0 Å². The van der Waals surface area contributed by atoms with Gasteiger partial charge in [-0.3, -0.25) is 0 Å². The lowest BCUT2D eigenvalue weighted by molar-refractivity contribution is 0.668. The number of para-hydroxylation sites is 4. The third-order valence-electron chi connectivity index (χ3n) is 15.5. The fourth-order valence-electron chi connectivity index (χ4n) is 11.9. The van der Waals surface area contributed by atoms with Gasteiger partial charge in [0.25, 0.3) is 0 Å². The summed E-state index contributed by atoms with van der Waals surface area (Å²) in [5.74, 6) is 0. The van der Waals surface area contributed by atoms with Gasteiger partial charge >= 0.3 is 0 Å². The van der Waals surface area contributed by atoms with Crippen molar-refractivity contribution in [1.29, 1.82) is 0 Å². The average molecular weight is 1000 g/mol. The number of benzene rings is 12. The molecule has 0 amide bonds. The first kappa shape index (κ1) is 43.8. The van der Waals surface area contributed by atoms with E-state index in [1.807, 2.05) is 36.4 Å². The van der Waals surface area contributed by atoms with Crippen LogP contribution in [0, 0.1) is 0 Å². The van der Waals surface area contributed by atoms with Crippen molar-refractivity contribution in [3.63, 3.8) is 0 Å². The summed E-state index contributed by atoms with van der Waals surface area (Å²) in [4.78, 5) is 4.78. The molecule has 0 saturated heterocycles. The molecule has 0 aliphatic rings. The van der Waals surface area contributed by atoms with E-state index < -0.39 is 0 Å². The number of rotatable bonds is 9. The Balaban J connectivity index is 1.02. The first-order chi connectivity index (χ1) is 38.7. The summed E-state index contributed by atoms with van der Waals surface area (Å²) < 4.78 is 27.1. The maximum atomic E-state index is 6.86. The molecule has 0 saturated carbocycles.